The van der Waals surface area contributed by atoms with E-state index < -0.39 is 5.41 Å². The van der Waals surface area contributed by atoms with Crippen LogP contribution in [0.4, 0.5) is 5.69 Å². The Morgan fingerprint density at radius 3 is 2.27 bits per heavy atom. The first-order valence-electron chi connectivity index (χ1n) is 17.1. The van der Waals surface area contributed by atoms with Crippen molar-refractivity contribution < 1.29 is 9.59 Å². The summed E-state index contributed by atoms with van der Waals surface area (Å²) >= 11 is 1.78. The third-order valence-electron chi connectivity index (χ3n) is 10.6. The Bertz CT molecular complexity index is 1500. The quantitative estimate of drug-likeness (QED) is 0.311. The number of anilines is 1. The van der Waals surface area contributed by atoms with Gasteiger partial charge in [-0.3, -0.25) is 14.5 Å². The number of carbonyl (C=O) groups excluding carboxylic acids is 2. The normalized spacial score (nSPS) is 19.9. The molecule has 3 aromatic rings. The predicted octanol–water partition coefficient (Wildman–Crippen LogP) is 6.51. The third-order valence-corrected chi connectivity index (χ3v) is 11.8. The van der Waals surface area contributed by atoms with Crippen LogP contribution in [0.1, 0.15) is 78.9 Å². The SMILES string of the molecule is CCNC(=O)C1(CCCN2CCN(c3ccc4c(c3)C(=O)N(C3CCCCC3)CC4)CC2)c2ccccc2Sc2ccccc21. The summed E-state index contributed by atoms with van der Waals surface area (Å²) in [6.45, 7) is 8.31. The van der Waals surface area contributed by atoms with Gasteiger partial charge in [-0.2, -0.15) is 0 Å². The zero-order valence-electron chi connectivity index (χ0n) is 26.6. The molecule has 0 radical (unpaired) electrons. The molecule has 7 rings (SSSR count). The fourth-order valence-corrected chi connectivity index (χ4v) is 9.47. The van der Waals surface area contributed by atoms with E-state index in [1.54, 1.807) is 11.8 Å². The van der Waals surface area contributed by atoms with Crippen molar-refractivity contribution in [1.29, 1.82) is 0 Å². The number of piperazine rings is 1. The molecular weight excluding hydrogens is 577 g/mol. The van der Waals surface area contributed by atoms with Crippen molar-refractivity contribution in [2.75, 3.05) is 50.7 Å². The zero-order chi connectivity index (χ0) is 30.8. The van der Waals surface area contributed by atoms with Crippen molar-refractivity contribution in [1.82, 2.24) is 15.1 Å². The molecule has 1 saturated carbocycles. The fraction of sp³-hybridized carbons (Fsp3) is 0.474. The summed E-state index contributed by atoms with van der Waals surface area (Å²) in [5.74, 6) is 0.355. The van der Waals surface area contributed by atoms with E-state index in [-0.39, 0.29) is 11.8 Å². The minimum Gasteiger partial charge on any atom is -0.369 e. The molecule has 0 spiro atoms. The second-order valence-corrected chi connectivity index (χ2v) is 14.3. The Labute approximate surface area is 272 Å². The van der Waals surface area contributed by atoms with E-state index >= 15 is 0 Å². The lowest BCUT2D eigenvalue weighted by Crippen LogP contribution is -2.49. The predicted molar refractivity (Wildman–Crippen MR) is 182 cm³/mol. The van der Waals surface area contributed by atoms with Crippen molar-refractivity contribution in [3.05, 3.63) is 89.0 Å². The van der Waals surface area contributed by atoms with E-state index in [1.165, 1.54) is 40.3 Å². The van der Waals surface area contributed by atoms with Gasteiger partial charge in [0.2, 0.25) is 5.91 Å². The second-order valence-electron chi connectivity index (χ2n) is 13.2. The summed E-state index contributed by atoms with van der Waals surface area (Å²) in [5.41, 5.74) is 4.89. The highest BCUT2D eigenvalue weighted by molar-refractivity contribution is 7.99. The van der Waals surface area contributed by atoms with E-state index in [2.05, 4.69) is 86.7 Å². The standard InChI is InChI=1S/C38H46N4O2S/c1-2-39-37(44)38(32-13-6-8-15-34(32)45-35-16-9-7-14-33(35)38)20-10-21-40-23-25-41(26-24-40)30-18-17-28-19-22-42(36(43)31(28)27-30)29-11-4-3-5-12-29/h6-9,13-18,27,29H,2-5,10-12,19-26H2,1H3,(H,39,44). The first kappa shape index (κ1) is 30.4. The maximum absolute atomic E-state index is 14.0. The van der Waals surface area contributed by atoms with Crippen LogP contribution in [0.25, 0.3) is 0 Å². The molecule has 1 N–H and O–H groups in total. The van der Waals surface area contributed by atoms with Crippen LogP contribution in [0.3, 0.4) is 0 Å². The molecule has 4 aliphatic rings. The lowest BCUT2D eigenvalue weighted by molar-refractivity contribution is -0.125. The lowest BCUT2D eigenvalue weighted by atomic mass is 9.70. The van der Waals surface area contributed by atoms with E-state index in [9.17, 15) is 9.59 Å². The van der Waals surface area contributed by atoms with Gasteiger partial charge in [-0.1, -0.05) is 73.5 Å². The van der Waals surface area contributed by atoms with Crippen molar-refractivity contribution in [2.24, 2.45) is 0 Å². The highest BCUT2D eigenvalue weighted by Gasteiger charge is 2.46. The van der Waals surface area contributed by atoms with Crippen molar-refractivity contribution in [3.8, 4) is 0 Å². The van der Waals surface area contributed by atoms with Crippen LogP contribution in [-0.4, -0.2) is 73.5 Å². The largest absolute Gasteiger partial charge is 0.369 e. The molecule has 0 atom stereocenters. The molecule has 1 aliphatic carbocycles. The average molecular weight is 623 g/mol. The van der Waals surface area contributed by atoms with Gasteiger partial charge in [-0.25, -0.2) is 0 Å². The Morgan fingerprint density at radius 2 is 1.58 bits per heavy atom. The molecule has 3 heterocycles. The molecular formula is C38H46N4O2S. The van der Waals surface area contributed by atoms with E-state index in [0.29, 0.717) is 12.6 Å². The van der Waals surface area contributed by atoms with Gasteiger partial charge in [0.15, 0.2) is 0 Å². The van der Waals surface area contributed by atoms with Gasteiger partial charge in [-0.05, 0) is 86.5 Å². The monoisotopic (exact) mass is 622 g/mol. The second kappa shape index (κ2) is 13.2. The lowest BCUT2D eigenvalue weighted by Gasteiger charge is -2.41. The molecule has 236 valence electrons. The minimum atomic E-state index is -0.683. The minimum absolute atomic E-state index is 0.110. The number of hydrogen-bond acceptors (Lipinski definition) is 5. The van der Waals surface area contributed by atoms with Crippen molar-refractivity contribution in [2.45, 2.75) is 79.5 Å². The van der Waals surface area contributed by atoms with Crippen molar-refractivity contribution in [3.63, 3.8) is 0 Å². The molecule has 3 aromatic carbocycles. The van der Waals surface area contributed by atoms with Crippen LogP contribution in [0.15, 0.2) is 76.5 Å². The Kier molecular flexibility index (Phi) is 8.92. The highest BCUT2D eigenvalue weighted by atomic mass is 32.2. The highest BCUT2D eigenvalue weighted by Crippen LogP contribution is 2.51. The fourth-order valence-electron chi connectivity index (χ4n) is 8.23. The van der Waals surface area contributed by atoms with Crippen LogP contribution in [0, 0.1) is 0 Å². The Morgan fingerprint density at radius 1 is 0.889 bits per heavy atom. The maximum Gasteiger partial charge on any atom is 0.254 e. The third kappa shape index (κ3) is 5.78. The number of carbonyl (C=O) groups is 2. The van der Waals surface area contributed by atoms with Gasteiger partial charge < -0.3 is 15.1 Å². The average Bonchev–Trinajstić information content (AvgIpc) is 3.09. The van der Waals surface area contributed by atoms with Gasteiger partial charge in [-0.15, -0.1) is 0 Å². The van der Waals surface area contributed by atoms with Crippen molar-refractivity contribution >= 4 is 29.3 Å². The van der Waals surface area contributed by atoms with Gasteiger partial charge >= 0.3 is 0 Å². The molecule has 6 nitrogen and oxygen atoms in total. The van der Waals surface area contributed by atoms with E-state index in [1.807, 2.05) is 6.92 Å². The summed E-state index contributed by atoms with van der Waals surface area (Å²) in [6.07, 6.45) is 8.80. The smallest absolute Gasteiger partial charge is 0.254 e. The maximum atomic E-state index is 14.0. The van der Waals surface area contributed by atoms with Gasteiger partial charge in [0.05, 0.1) is 0 Å². The summed E-state index contributed by atoms with van der Waals surface area (Å²) in [5, 5.41) is 3.20. The number of rotatable bonds is 8. The number of amides is 2. The molecule has 3 aliphatic heterocycles. The molecule has 0 unspecified atom stereocenters. The van der Waals surface area contributed by atoms with Crippen LogP contribution in [0.5, 0.6) is 0 Å². The molecule has 2 fully saturated rings. The first-order chi connectivity index (χ1) is 22.1. The molecule has 2 amide bonds. The van der Waals surface area contributed by atoms with Crippen LogP contribution in [0.2, 0.25) is 0 Å². The summed E-state index contributed by atoms with van der Waals surface area (Å²) < 4.78 is 0. The molecule has 7 heteroatoms. The Hall–Kier alpha value is -3.29. The van der Waals surface area contributed by atoms with E-state index in [0.717, 1.165) is 88.1 Å². The topological polar surface area (TPSA) is 55.9 Å². The zero-order valence-corrected chi connectivity index (χ0v) is 27.4. The van der Waals surface area contributed by atoms with Gasteiger partial charge in [0, 0.05) is 66.4 Å². The number of nitrogens with one attached hydrogen (secondary N) is 1. The Balaban J connectivity index is 1.02. The number of benzene rings is 3. The molecule has 0 aromatic heterocycles. The molecule has 0 bridgehead atoms. The van der Waals surface area contributed by atoms with Crippen LogP contribution < -0.4 is 10.2 Å². The molecule has 1 saturated heterocycles. The number of hydrogen-bond donors (Lipinski definition) is 1. The summed E-state index contributed by atoms with van der Waals surface area (Å²) in [7, 11) is 0. The van der Waals surface area contributed by atoms with Crippen LogP contribution >= 0.6 is 11.8 Å². The number of nitrogens with zero attached hydrogens (tertiary/aromatic N) is 3. The van der Waals surface area contributed by atoms with Gasteiger partial charge in [0.1, 0.15) is 5.41 Å². The van der Waals surface area contributed by atoms with Crippen LogP contribution in [-0.2, 0) is 16.6 Å². The summed E-state index contributed by atoms with van der Waals surface area (Å²) in [4.78, 5) is 37.1. The van der Waals surface area contributed by atoms with E-state index in [4.69, 9.17) is 0 Å². The first-order valence-corrected chi connectivity index (χ1v) is 18.0. The molecule has 45 heavy (non-hydrogen) atoms. The summed E-state index contributed by atoms with van der Waals surface area (Å²) in [6, 6.07) is 24.0. The number of fused-ring (bicyclic) bond motifs is 3. The van der Waals surface area contributed by atoms with Gasteiger partial charge in [0.25, 0.3) is 5.91 Å². The number of likely N-dealkylation sites (N-methyl/N-ethyl adjacent to an activating group) is 1.